The Balaban J connectivity index is 1.77. The van der Waals surface area contributed by atoms with Gasteiger partial charge in [0.25, 0.3) is 0 Å². The molecule has 0 heterocycles. The fourth-order valence-corrected chi connectivity index (χ4v) is 3.91. The molecule has 0 bridgehead atoms. The van der Waals surface area contributed by atoms with Crippen LogP contribution in [0.25, 0.3) is 0 Å². The number of ether oxygens (including phenoxy) is 2. The van der Waals surface area contributed by atoms with Crippen LogP contribution in [0.1, 0.15) is 38.5 Å². The molecule has 2 unspecified atom stereocenters. The molecule has 0 saturated heterocycles. The molecule has 0 spiro atoms. The summed E-state index contributed by atoms with van der Waals surface area (Å²) in [7, 11) is 0. The largest absolute Gasteiger partial charge is 0.462 e. The normalized spacial score (nSPS) is 30.7. The van der Waals surface area contributed by atoms with Crippen molar-refractivity contribution in [3.05, 3.63) is 25.3 Å². The number of rotatable bonds is 6. The van der Waals surface area contributed by atoms with Crippen LogP contribution < -0.4 is 0 Å². The fourth-order valence-electron chi connectivity index (χ4n) is 3.91. The first-order valence-corrected chi connectivity index (χ1v) is 8.20. The minimum absolute atomic E-state index is 0.333. The molecule has 0 amide bonds. The quantitative estimate of drug-likeness (QED) is 0.558. The molecule has 122 valence electrons. The van der Waals surface area contributed by atoms with Gasteiger partial charge in [-0.05, 0) is 62.2 Å². The van der Waals surface area contributed by atoms with E-state index in [1.165, 1.54) is 25.0 Å². The van der Waals surface area contributed by atoms with Crippen molar-refractivity contribution < 1.29 is 19.1 Å². The smallest absolute Gasteiger partial charge is 0.330 e. The highest BCUT2D eigenvalue weighted by molar-refractivity contribution is 5.81. The van der Waals surface area contributed by atoms with Crippen molar-refractivity contribution in [2.24, 2.45) is 23.7 Å². The summed E-state index contributed by atoms with van der Waals surface area (Å²) in [6, 6.07) is 0. The Kier molecular flexibility index (Phi) is 6.22. The molecule has 22 heavy (non-hydrogen) atoms. The van der Waals surface area contributed by atoms with E-state index >= 15 is 0 Å². The van der Waals surface area contributed by atoms with E-state index < -0.39 is 0 Å². The number of carbonyl (C=O) groups excluding carboxylic acids is 2. The SMILES string of the molecule is C=CC(=O)OCC1CCC2CCC(COC(=O)C=C)CC2C1. The lowest BCUT2D eigenvalue weighted by Gasteiger charge is -2.41. The first-order valence-electron chi connectivity index (χ1n) is 8.20. The Morgan fingerprint density at radius 1 is 0.818 bits per heavy atom. The van der Waals surface area contributed by atoms with E-state index in [2.05, 4.69) is 13.2 Å². The van der Waals surface area contributed by atoms with Crippen molar-refractivity contribution in [3.63, 3.8) is 0 Å². The molecule has 0 aromatic heterocycles. The standard InChI is InChI=1S/C18H26O4/c1-3-17(19)21-11-13-5-7-15-8-6-14(10-16(15)9-13)12-22-18(20)4-2/h3-4,13-16H,1-2,5-12H2. The first-order chi connectivity index (χ1) is 10.6. The Labute approximate surface area is 132 Å². The molecule has 0 N–H and O–H groups in total. The predicted molar refractivity (Wildman–Crippen MR) is 84.0 cm³/mol. The van der Waals surface area contributed by atoms with Gasteiger partial charge < -0.3 is 9.47 Å². The van der Waals surface area contributed by atoms with Gasteiger partial charge >= 0.3 is 11.9 Å². The summed E-state index contributed by atoms with van der Waals surface area (Å²) in [5.74, 6) is 1.71. The Bertz CT molecular complexity index is 391. The van der Waals surface area contributed by atoms with Gasteiger partial charge in [-0.1, -0.05) is 13.2 Å². The Morgan fingerprint density at radius 2 is 1.27 bits per heavy atom. The minimum atomic E-state index is -0.333. The van der Waals surface area contributed by atoms with E-state index in [-0.39, 0.29) is 11.9 Å². The second-order valence-corrected chi connectivity index (χ2v) is 6.55. The van der Waals surface area contributed by atoms with Gasteiger partial charge in [-0.3, -0.25) is 0 Å². The Morgan fingerprint density at radius 3 is 1.68 bits per heavy atom. The summed E-state index contributed by atoms with van der Waals surface area (Å²) < 4.78 is 10.4. The number of hydrogen-bond acceptors (Lipinski definition) is 4. The van der Waals surface area contributed by atoms with Gasteiger partial charge in [-0.2, -0.15) is 0 Å². The summed E-state index contributed by atoms with van der Waals surface area (Å²) in [4.78, 5) is 22.3. The molecule has 0 aromatic carbocycles. The van der Waals surface area contributed by atoms with E-state index in [0.29, 0.717) is 31.0 Å². The maximum Gasteiger partial charge on any atom is 0.330 e. The number of fused-ring (bicyclic) bond motifs is 1. The van der Waals surface area contributed by atoms with Crippen LogP contribution in [0.5, 0.6) is 0 Å². The summed E-state index contributed by atoms with van der Waals surface area (Å²) in [5.41, 5.74) is 0. The second-order valence-electron chi connectivity index (χ2n) is 6.55. The molecule has 4 nitrogen and oxygen atoms in total. The minimum Gasteiger partial charge on any atom is -0.462 e. The molecule has 4 heteroatoms. The van der Waals surface area contributed by atoms with Crippen molar-refractivity contribution in [3.8, 4) is 0 Å². The summed E-state index contributed by atoms with van der Waals surface area (Å²) in [6.07, 6.45) is 9.39. The van der Waals surface area contributed by atoms with Crippen LogP contribution in [0.15, 0.2) is 25.3 Å². The van der Waals surface area contributed by atoms with E-state index in [9.17, 15) is 9.59 Å². The van der Waals surface area contributed by atoms with Crippen LogP contribution in [0.2, 0.25) is 0 Å². The lowest BCUT2D eigenvalue weighted by atomic mass is 9.65. The second kappa shape index (κ2) is 8.16. The van der Waals surface area contributed by atoms with Crippen molar-refractivity contribution in [2.45, 2.75) is 38.5 Å². The molecular formula is C18H26O4. The van der Waals surface area contributed by atoms with Crippen molar-refractivity contribution in [1.82, 2.24) is 0 Å². The monoisotopic (exact) mass is 306 g/mol. The summed E-state index contributed by atoms with van der Waals surface area (Å²) in [6.45, 7) is 7.85. The van der Waals surface area contributed by atoms with E-state index in [1.54, 1.807) is 0 Å². The molecule has 2 rings (SSSR count). The average molecular weight is 306 g/mol. The molecule has 0 aromatic rings. The summed E-state index contributed by atoms with van der Waals surface area (Å²) in [5, 5.41) is 0. The molecule has 2 fully saturated rings. The zero-order chi connectivity index (χ0) is 15.9. The molecule has 2 aliphatic carbocycles. The predicted octanol–water partition coefficient (Wildman–Crippen LogP) is 3.28. The van der Waals surface area contributed by atoms with Crippen LogP contribution in [0.4, 0.5) is 0 Å². The van der Waals surface area contributed by atoms with Crippen LogP contribution >= 0.6 is 0 Å². The van der Waals surface area contributed by atoms with E-state index in [0.717, 1.165) is 31.6 Å². The highest BCUT2D eigenvalue weighted by atomic mass is 16.5. The van der Waals surface area contributed by atoms with E-state index in [4.69, 9.17) is 9.47 Å². The third-order valence-corrected chi connectivity index (χ3v) is 5.09. The third kappa shape index (κ3) is 4.72. The summed E-state index contributed by atoms with van der Waals surface area (Å²) >= 11 is 0. The van der Waals surface area contributed by atoms with Crippen LogP contribution in [-0.2, 0) is 19.1 Å². The topological polar surface area (TPSA) is 52.6 Å². The zero-order valence-corrected chi connectivity index (χ0v) is 13.2. The van der Waals surface area contributed by atoms with Gasteiger partial charge in [0.1, 0.15) is 0 Å². The molecule has 2 aliphatic rings. The van der Waals surface area contributed by atoms with Crippen LogP contribution in [-0.4, -0.2) is 25.2 Å². The fraction of sp³-hybridized carbons (Fsp3) is 0.667. The molecule has 0 radical (unpaired) electrons. The maximum atomic E-state index is 11.2. The highest BCUT2D eigenvalue weighted by Crippen LogP contribution is 2.44. The lowest BCUT2D eigenvalue weighted by Crippen LogP contribution is -2.34. The first kappa shape index (κ1) is 16.8. The number of hydrogen-bond donors (Lipinski definition) is 0. The van der Waals surface area contributed by atoms with Gasteiger partial charge in [0.05, 0.1) is 13.2 Å². The van der Waals surface area contributed by atoms with Crippen molar-refractivity contribution in [1.29, 1.82) is 0 Å². The molecule has 2 saturated carbocycles. The van der Waals surface area contributed by atoms with Crippen LogP contribution in [0.3, 0.4) is 0 Å². The van der Waals surface area contributed by atoms with Gasteiger partial charge in [0.15, 0.2) is 0 Å². The van der Waals surface area contributed by atoms with Gasteiger partial charge in [-0.15, -0.1) is 0 Å². The maximum absolute atomic E-state index is 11.2. The number of esters is 2. The molecular weight excluding hydrogens is 280 g/mol. The molecule has 0 aliphatic heterocycles. The highest BCUT2D eigenvalue weighted by Gasteiger charge is 2.36. The Hall–Kier alpha value is -1.58. The lowest BCUT2D eigenvalue weighted by molar-refractivity contribution is -0.139. The average Bonchev–Trinajstić information content (AvgIpc) is 2.56. The van der Waals surface area contributed by atoms with Gasteiger partial charge in [-0.25, -0.2) is 9.59 Å². The van der Waals surface area contributed by atoms with E-state index in [1.807, 2.05) is 0 Å². The third-order valence-electron chi connectivity index (χ3n) is 5.09. The zero-order valence-electron chi connectivity index (χ0n) is 13.2. The van der Waals surface area contributed by atoms with Crippen LogP contribution in [0, 0.1) is 23.7 Å². The van der Waals surface area contributed by atoms with Crippen molar-refractivity contribution >= 4 is 11.9 Å². The van der Waals surface area contributed by atoms with Gasteiger partial charge in [0, 0.05) is 12.2 Å². The number of carbonyl (C=O) groups is 2. The van der Waals surface area contributed by atoms with Gasteiger partial charge in [0.2, 0.25) is 0 Å². The molecule has 2 atom stereocenters. The van der Waals surface area contributed by atoms with Crippen molar-refractivity contribution in [2.75, 3.05) is 13.2 Å².